The molecular weight excluding hydrogens is 294 g/mol. The zero-order chi connectivity index (χ0) is 16.4. The van der Waals surface area contributed by atoms with Crippen molar-refractivity contribution in [2.45, 2.75) is 19.0 Å². The molecule has 0 saturated carbocycles. The number of hydrogen-bond donors (Lipinski definition) is 2. The first-order valence-corrected chi connectivity index (χ1v) is 7.54. The molecule has 0 aliphatic rings. The molecule has 3 rings (SSSR count). The summed E-state index contributed by atoms with van der Waals surface area (Å²) in [6.07, 6.45) is 3.64. The number of furan rings is 1. The predicted molar refractivity (Wildman–Crippen MR) is 87.4 cm³/mol. The maximum atomic E-state index is 9.66. The summed E-state index contributed by atoms with van der Waals surface area (Å²) in [5.41, 5.74) is 1.68. The lowest BCUT2D eigenvalue weighted by molar-refractivity contribution is 0.231. The zero-order valence-corrected chi connectivity index (χ0v) is 13.5. The molecule has 2 atom stereocenters. The average molecular weight is 315 g/mol. The molecule has 0 radical (unpaired) electrons. The third-order valence-electron chi connectivity index (χ3n) is 3.93. The van der Waals surface area contributed by atoms with Gasteiger partial charge >= 0.3 is 0 Å². The van der Waals surface area contributed by atoms with Gasteiger partial charge in [0.2, 0.25) is 0 Å². The number of nitrogens with zero attached hydrogens (tertiary/aromatic N) is 2. The fourth-order valence-electron chi connectivity index (χ4n) is 2.69. The highest BCUT2D eigenvalue weighted by Gasteiger charge is 2.19. The van der Waals surface area contributed by atoms with E-state index in [0.29, 0.717) is 5.75 Å². The SMILES string of the molecule is COc1cccc2cc([C@H](C)N[C@H](CO)c3cnn(C)c3)oc12. The van der Waals surface area contributed by atoms with E-state index in [4.69, 9.17) is 9.15 Å². The molecule has 0 amide bonds. The van der Waals surface area contributed by atoms with Crippen LogP contribution >= 0.6 is 0 Å². The molecule has 6 nitrogen and oxygen atoms in total. The number of aromatic nitrogens is 2. The number of para-hydroxylation sites is 1. The van der Waals surface area contributed by atoms with E-state index in [2.05, 4.69) is 10.4 Å². The Morgan fingerprint density at radius 3 is 2.91 bits per heavy atom. The Labute approximate surface area is 134 Å². The summed E-state index contributed by atoms with van der Waals surface area (Å²) in [6.45, 7) is 1.99. The largest absolute Gasteiger partial charge is 0.493 e. The van der Waals surface area contributed by atoms with Gasteiger partial charge in [-0.1, -0.05) is 12.1 Å². The maximum Gasteiger partial charge on any atom is 0.176 e. The van der Waals surface area contributed by atoms with Crippen LogP contribution in [0, 0.1) is 0 Å². The summed E-state index contributed by atoms with van der Waals surface area (Å²) < 4.78 is 13.0. The van der Waals surface area contributed by atoms with Crippen molar-refractivity contribution in [3.8, 4) is 5.75 Å². The lowest BCUT2D eigenvalue weighted by atomic mass is 10.1. The van der Waals surface area contributed by atoms with Crippen molar-refractivity contribution in [2.75, 3.05) is 13.7 Å². The number of fused-ring (bicyclic) bond motifs is 1. The number of nitrogens with one attached hydrogen (secondary N) is 1. The monoisotopic (exact) mass is 315 g/mol. The van der Waals surface area contributed by atoms with Gasteiger partial charge in [0, 0.05) is 24.2 Å². The van der Waals surface area contributed by atoms with Crippen LogP contribution in [0.3, 0.4) is 0 Å². The summed E-state index contributed by atoms with van der Waals surface area (Å²) in [5, 5.41) is 18.2. The summed E-state index contributed by atoms with van der Waals surface area (Å²) in [7, 11) is 3.48. The number of methoxy groups -OCH3 is 1. The minimum absolute atomic E-state index is 0.0143. The third-order valence-corrected chi connectivity index (χ3v) is 3.93. The Kier molecular flexibility index (Phi) is 4.36. The van der Waals surface area contributed by atoms with Crippen molar-refractivity contribution in [2.24, 2.45) is 7.05 Å². The van der Waals surface area contributed by atoms with Crippen LogP contribution in [-0.4, -0.2) is 28.6 Å². The molecule has 0 bridgehead atoms. The van der Waals surface area contributed by atoms with Gasteiger partial charge < -0.3 is 14.3 Å². The first-order valence-electron chi connectivity index (χ1n) is 7.54. The molecule has 0 aliphatic carbocycles. The van der Waals surface area contributed by atoms with Crippen LogP contribution < -0.4 is 10.1 Å². The van der Waals surface area contributed by atoms with Crippen LogP contribution in [0.1, 0.15) is 30.3 Å². The molecule has 0 spiro atoms. The van der Waals surface area contributed by atoms with Crippen LogP contribution in [0.4, 0.5) is 0 Å². The predicted octanol–water partition coefficient (Wildman–Crippen LogP) is 2.56. The minimum atomic E-state index is -0.200. The molecule has 0 fully saturated rings. The number of hydrogen-bond acceptors (Lipinski definition) is 5. The smallest absolute Gasteiger partial charge is 0.176 e. The van der Waals surface area contributed by atoms with Crippen LogP contribution in [0.5, 0.6) is 5.75 Å². The molecule has 2 heterocycles. The first-order chi connectivity index (χ1) is 11.1. The molecule has 1 aromatic carbocycles. The Hall–Kier alpha value is -2.31. The van der Waals surface area contributed by atoms with Gasteiger partial charge in [-0.3, -0.25) is 10.00 Å². The van der Waals surface area contributed by atoms with Crippen LogP contribution in [0.15, 0.2) is 41.1 Å². The van der Waals surface area contributed by atoms with Crippen LogP contribution in [0.25, 0.3) is 11.0 Å². The third kappa shape index (κ3) is 3.09. The molecule has 3 aromatic rings. The molecular formula is C17H21N3O3. The van der Waals surface area contributed by atoms with Crippen molar-refractivity contribution < 1.29 is 14.3 Å². The number of aryl methyl sites for hydroxylation is 1. The number of ether oxygens (including phenoxy) is 1. The topological polar surface area (TPSA) is 72.4 Å². The van der Waals surface area contributed by atoms with Gasteiger partial charge in [-0.2, -0.15) is 5.10 Å². The molecule has 0 unspecified atom stereocenters. The first kappa shape index (κ1) is 15.6. The van der Waals surface area contributed by atoms with Gasteiger partial charge in [0.15, 0.2) is 11.3 Å². The summed E-state index contributed by atoms with van der Waals surface area (Å²) in [4.78, 5) is 0. The van der Waals surface area contributed by atoms with E-state index in [-0.39, 0.29) is 18.7 Å². The van der Waals surface area contributed by atoms with E-state index in [1.54, 1.807) is 18.0 Å². The molecule has 23 heavy (non-hydrogen) atoms. The van der Waals surface area contributed by atoms with E-state index in [1.165, 1.54) is 0 Å². The normalized spacial score (nSPS) is 14.1. The van der Waals surface area contributed by atoms with Gasteiger partial charge in [-0.15, -0.1) is 0 Å². The van der Waals surface area contributed by atoms with Crippen molar-refractivity contribution in [3.63, 3.8) is 0 Å². The fourth-order valence-corrected chi connectivity index (χ4v) is 2.69. The summed E-state index contributed by atoms with van der Waals surface area (Å²) in [6, 6.07) is 7.53. The van der Waals surface area contributed by atoms with Crippen molar-refractivity contribution in [1.29, 1.82) is 0 Å². The average Bonchev–Trinajstić information content (AvgIpc) is 3.18. The van der Waals surface area contributed by atoms with E-state index in [1.807, 2.05) is 44.4 Å². The van der Waals surface area contributed by atoms with Crippen molar-refractivity contribution >= 4 is 11.0 Å². The number of rotatable bonds is 6. The highest BCUT2D eigenvalue weighted by atomic mass is 16.5. The molecule has 122 valence electrons. The Morgan fingerprint density at radius 2 is 2.26 bits per heavy atom. The Bertz CT molecular complexity index is 793. The number of aliphatic hydroxyl groups is 1. The highest BCUT2D eigenvalue weighted by Crippen LogP contribution is 2.31. The van der Waals surface area contributed by atoms with Gasteiger partial charge in [0.05, 0.1) is 32.0 Å². The quantitative estimate of drug-likeness (QED) is 0.731. The maximum absolute atomic E-state index is 9.66. The second-order valence-electron chi connectivity index (χ2n) is 5.60. The molecule has 6 heteroatoms. The molecule has 2 aromatic heterocycles. The fraction of sp³-hybridized carbons (Fsp3) is 0.353. The van der Waals surface area contributed by atoms with E-state index >= 15 is 0 Å². The lowest BCUT2D eigenvalue weighted by Gasteiger charge is -2.19. The van der Waals surface area contributed by atoms with E-state index in [0.717, 1.165) is 22.3 Å². The minimum Gasteiger partial charge on any atom is -0.493 e. The van der Waals surface area contributed by atoms with Gasteiger partial charge in [0.1, 0.15) is 5.76 Å². The Balaban J connectivity index is 1.83. The summed E-state index contributed by atoms with van der Waals surface area (Å²) in [5.74, 6) is 1.51. The molecule has 0 saturated heterocycles. The van der Waals surface area contributed by atoms with Gasteiger partial charge in [-0.05, 0) is 19.1 Å². The highest BCUT2D eigenvalue weighted by molar-refractivity contribution is 5.83. The molecule has 0 aliphatic heterocycles. The van der Waals surface area contributed by atoms with E-state index in [9.17, 15) is 5.11 Å². The number of aliphatic hydroxyl groups excluding tert-OH is 1. The number of benzene rings is 1. The second-order valence-corrected chi connectivity index (χ2v) is 5.60. The standard InChI is InChI=1S/C17H21N3O3/c1-11(19-14(10-21)13-8-18-20(2)9-13)16-7-12-5-4-6-15(22-3)17(12)23-16/h4-9,11,14,19,21H,10H2,1-3H3/t11-,14+/m0/s1. The summed E-state index contributed by atoms with van der Waals surface area (Å²) >= 11 is 0. The van der Waals surface area contributed by atoms with Crippen LogP contribution in [-0.2, 0) is 7.05 Å². The second kappa shape index (κ2) is 6.44. The molecule has 2 N–H and O–H groups in total. The zero-order valence-electron chi connectivity index (χ0n) is 13.5. The van der Waals surface area contributed by atoms with Crippen molar-refractivity contribution in [3.05, 3.63) is 48.0 Å². The lowest BCUT2D eigenvalue weighted by Crippen LogP contribution is -2.26. The van der Waals surface area contributed by atoms with Crippen LogP contribution in [0.2, 0.25) is 0 Å². The Morgan fingerprint density at radius 1 is 1.43 bits per heavy atom. The van der Waals surface area contributed by atoms with Crippen molar-refractivity contribution in [1.82, 2.24) is 15.1 Å². The van der Waals surface area contributed by atoms with Gasteiger partial charge in [0.25, 0.3) is 0 Å². The van der Waals surface area contributed by atoms with Gasteiger partial charge in [-0.25, -0.2) is 0 Å². The van der Waals surface area contributed by atoms with E-state index < -0.39 is 0 Å².